The highest BCUT2D eigenvalue weighted by Gasteiger charge is 2.53. The lowest BCUT2D eigenvalue weighted by atomic mass is 9.90. The minimum absolute atomic E-state index is 0.0480. The number of phosphoric acid groups is 1. The molecule has 0 radical (unpaired) electrons. The predicted molar refractivity (Wildman–Crippen MR) is 261 cm³/mol. The number of aromatic nitrogens is 4. The van der Waals surface area contributed by atoms with Gasteiger partial charge in [0.1, 0.15) is 46.2 Å². The summed E-state index contributed by atoms with van der Waals surface area (Å²) in [6.07, 6.45) is 0.154. The van der Waals surface area contributed by atoms with Crippen molar-refractivity contribution < 1.29 is 73.3 Å². The molecule has 1 unspecified atom stereocenters. The smallest absolute Gasteiger partial charge is 0.472 e. The number of rotatable bonds is 20. The Hall–Kier alpha value is -6.13. The molecule has 3 aliphatic heterocycles. The number of carbonyl (C=O) groups is 2. The van der Waals surface area contributed by atoms with E-state index in [0.717, 1.165) is 12.8 Å². The van der Waals surface area contributed by atoms with Gasteiger partial charge in [-0.05, 0) is 62.9 Å². The number of nitrogens with zero attached hydrogens (tertiary/aromatic N) is 5. The number of phosphoric ester groups is 1. The van der Waals surface area contributed by atoms with Gasteiger partial charge in [-0.15, -0.1) is 0 Å². The van der Waals surface area contributed by atoms with E-state index < -0.39 is 79.6 Å². The van der Waals surface area contributed by atoms with Crippen LogP contribution >= 0.6 is 7.82 Å². The first kappa shape index (κ1) is 53.2. The van der Waals surface area contributed by atoms with E-state index in [0.29, 0.717) is 32.4 Å². The minimum Gasteiger partial charge on any atom is -0.744 e. The van der Waals surface area contributed by atoms with Crippen LogP contribution in [0, 0.1) is 0 Å². The van der Waals surface area contributed by atoms with Crippen molar-refractivity contribution in [3.8, 4) is 22.5 Å². The van der Waals surface area contributed by atoms with Crippen LogP contribution < -0.4 is 32.0 Å². The molecular weight excluding hydrogens is 1020 g/mol. The standard InChI is InChI=1S/C45H55N10O15PS2/c1-4-47-29-18-16-27-33(28-17-19-30(48-5-2)40(73(64,65)66)37(28)69-36(27)39(29)72(61,62)63)25-13-8-9-14-26(25)43(58)54(3)22-12-15-32(56)49-20-10-6-7-11-21-50-45-53-34-41(46)51-24-52-42(34)55(45)44-35(57)38-31(68-44)23-67-71(59,60)70-38/h8-9,13-14,16-19,24,31,35,38,44,47,57H,4-7,10-12,15,20-23H2,1-3H3,(H,49,56)(H,50,53)(H,59,60)(H2,46,51,52)(H,61,62,63)(H,64,65,66)/t31-,35-,38-,44-/m1/s1. The molecule has 2 fully saturated rings. The fraction of sp³-hybridized carbons (Fsp3) is 0.422. The second kappa shape index (κ2) is 21.8. The SMILES string of the molecule is CCNc1ccc2c(-c3ccccc3C(=O)N(C)CCCC(=O)NCCCCCCNc3nc4c(N)ncnc4n3[C@@H]3O[C@@H]4COP(=O)(O)O[C@H]4[C@H]3O)c3ccc(=[NH+]CC)c(S(=O)(=O)O)c-3oc2c1S(=O)(=O)[O-]. The van der Waals surface area contributed by atoms with Gasteiger partial charge < -0.3 is 50.3 Å². The number of fused-ring (bicyclic) bond motifs is 4. The summed E-state index contributed by atoms with van der Waals surface area (Å²) in [7, 11) is -13.1. The number of aliphatic hydroxyl groups is 1. The molecular formula is C45H55N10O15PS2. The molecule has 28 heteroatoms. The molecule has 2 aromatic carbocycles. The average molecular weight is 1070 g/mol. The number of unbranched alkanes of at least 4 members (excludes halogenated alkanes) is 3. The van der Waals surface area contributed by atoms with Gasteiger partial charge in [-0.1, -0.05) is 31.0 Å². The summed E-state index contributed by atoms with van der Waals surface area (Å²) in [5, 5.41) is 20.1. The molecule has 9 N–H and O–H groups in total. The maximum atomic E-state index is 14.3. The van der Waals surface area contributed by atoms with Crippen LogP contribution in [-0.2, 0) is 43.4 Å². The van der Waals surface area contributed by atoms with Crippen LogP contribution in [0.25, 0.3) is 44.6 Å². The predicted octanol–water partition coefficient (Wildman–Crippen LogP) is 1.93. The first-order chi connectivity index (χ1) is 34.7. The molecule has 5 heterocycles. The number of carbonyl (C=O) groups excluding carboxylic acids is 2. The van der Waals surface area contributed by atoms with Crippen molar-refractivity contribution in [3.05, 3.63) is 65.8 Å². The topological polar surface area (TPSA) is 367 Å². The Balaban J connectivity index is 0.883. The maximum absolute atomic E-state index is 14.3. The Bertz CT molecular complexity index is 3390. The lowest BCUT2D eigenvalue weighted by Gasteiger charge is -2.27. The highest BCUT2D eigenvalue weighted by molar-refractivity contribution is 7.86. The number of ether oxygens (including phenoxy) is 1. The number of benzene rings is 3. The molecule has 4 aromatic rings. The summed E-state index contributed by atoms with van der Waals surface area (Å²) < 4.78 is 111. The number of amides is 2. The zero-order chi connectivity index (χ0) is 52.4. The van der Waals surface area contributed by atoms with Gasteiger partial charge in [0.25, 0.3) is 5.91 Å². The quantitative estimate of drug-likeness (QED) is 0.0234. The number of hydrogen-bond acceptors (Lipinski definition) is 19. The van der Waals surface area contributed by atoms with Crippen molar-refractivity contribution in [2.45, 2.75) is 86.7 Å². The van der Waals surface area contributed by atoms with E-state index in [1.54, 1.807) is 45.2 Å². The molecule has 5 atom stereocenters. The van der Waals surface area contributed by atoms with Crippen LogP contribution in [0.15, 0.2) is 69.1 Å². The van der Waals surface area contributed by atoms with Crippen LogP contribution in [0.3, 0.4) is 0 Å². The summed E-state index contributed by atoms with van der Waals surface area (Å²) >= 11 is 0. The van der Waals surface area contributed by atoms with E-state index in [4.69, 9.17) is 23.9 Å². The Kier molecular flexibility index (Phi) is 15.8. The molecule has 0 saturated carbocycles. The maximum Gasteiger partial charge on any atom is 0.472 e. The lowest BCUT2D eigenvalue weighted by Crippen LogP contribution is -2.76. The molecule has 73 heavy (non-hydrogen) atoms. The van der Waals surface area contributed by atoms with Crippen molar-refractivity contribution in [2.75, 3.05) is 62.7 Å². The highest BCUT2D eigenvalue weighted by atomic mass is 32.2. The molecule has 8 rings (SSSR count). The van der Waals surface area contributed by atoms with Gasteiger partial charge in [0, 0.05) is 67.8 Å². The number of anilines is 3. The summed E-state index contributed by atoms with van der Waals surface area (Å²) in [5.41, 5.74) is 6.66. The largest absolute Gasteiger partial charge is 0.744 e. The first-order valence-electron chi connectivity index (χ1n) is 23.4. The van der Waals surface area contributed by atoms with Crippen LogP contribution in [0.4, 0.5) is 17.5 Å². The van der Waals surface area contributed by atoms with Crippen molar-refractivity contribution in [3.63, 3.8) is 0 Å². The summed E-state index contributed by atoms with van der Waals surface area (Å²) in [4.78, 5) is 52.6. The molecule has 0 spiro atoms. The summed E-state index contributed by atoms with van der Waals surface area (Å²) in [6.45, 7) is 4.59. The van der Waals surface area contributed by atoms with Crippen molar-refractivity contribution in [1.29, 1.82) is 0 Å². The molecule has 1 aliphatic carbocycles. The van der Waals surface area contributed by atoms with E-state index in [-0.39, 0.29) is 100 Å². The molecule has 0 bridgehead atoms. The van der Waals surface area contributed by atoms with Gasteiger partial charge in [-0.25, -0.2) is 32.9 Å². The van der Waals surface area contributed by atoms with E-state index in [2.05, 4.69) is 35.9 Å². The first-order valence-corrected chi connectivity index (χ1v) is 27.7. The van der Waals surface area contributed by atoms with Crippen LogP contribution in [0.5, 0.6) is 0 Å². The van der Waals surface area contributed by atoms with Crippen LogP contribution in [0.1, 0.15) is 69.0 Å². The van der Waals surface area contributed by atoms with Crippen molar-refractivity contribution >= 4 is 79.5 Å². The van der Waals surface area contributed by atoms with Gasteiger partial charge >= 0.3 is 17.9 Å². The number of nitrogens with one attached hydrogen (secondary N) is 4. The van der Waals surface area contributed by atoms with E-state index in [1.165, 1.54) is 40.1 Å². The van der Waals surface area contributed by atoms with Crippen molar-refractivity contribution in [1.82, 2.24) is 29.7 Å². The normalized spacial score (nSPS) is 20.4. The van der Waals surface area contributed by atoms with Crippen LogP contribution in [-0.4, -0.2) is 137 Å². The monoisotopic (exact) mass is 1070 g/mol. The highest BCUT2D eigenvalue weighted by Crippen LogP contribution is 2.53. The number of aliphatic hydroxyl groups excluding tert-OH is 1. The fourth-order valence-electron chi connectivity index (χ4n) is 9.06. The Morgan fingerprint density at radius 2 is 1.74 bits per heavy atom. The van der Waals surface area contributed by atoms with E-state index >= 15 is 0 Å². The van der Waals surface area contributed by atoms with Gasteiger partial charge in [-0.3, -0.25) is 27.8 Å². The molecule has 4 aliphatic rings. The third-order valence-electron chi connectivity index (χ3n) is 12.3. The van der Waals surface area contributed by atoms with Crippen molar-refractivity contribution in [2.24, 2.45) is 0 Å². The van der Waals surface area contributed by atoms with E-state index in [1.807, 2.05) is 0 Å². The molecule has 2 amide bonds. The van der Waals surface area contributed by atoms with Gasteiger partial charge in [0.2, 0.25) is 22.1 Å². The third-order valence-corrected chi connectivity index (χ3v) is 15.1. The second-order valence-corrected chi connectivity index (χ2v) is 21.4. The lowest BCUT2D eigenvalue weighted by molar-refractivity contribution is -0.498. The zero-order valence-electron chi connectivity index (χ0n) is 39.8. The second-order valence-electron chi connectivity index (χ2n) is 17.3. The molecule has 25 nitrogen and oxygen atoms in total. The number of nitrogens with two attached hydrogens (primary N) is 1. The average Bonchev–Trinajstić information content (AvgIpc) is 3.86. The fourth-order valence-corrected chi connectivity index (χ4v) is 11.6. The summed E-state index contributed by atoms with van der Waals surface area (Å²) in [6, 6.07) is 12.2. The summed E-state index contributed by atoms with van der Waals surface area (Å²) in [5.74, 6) is -0.760. The Morgan fingerprint density at radius 3 is 2.47 bits per heavy atom. The Morgan fingerprint density at radius 1 is 0.986 bits per heavy atom. The molecule has 392 valence electrons. The van der Waals surface area contributed by atoms with Gasteiger partial charge in [-0.2, -0.15) is 8.42 Å². The number of imidazole rings is 1. The van der Waals surface area contributed by atoms with Gasteiger partial charge in [0.05, 0.1) is 12.3 Å². The number of hydrogen-bond donors (Lipinski definition) is 8. The Labute approximate surface area is 418 Å². The van der Waals surface area contributed by atoms with Gasteiger partial charge in [0.15, 0.2) is 34.6 Å². The molecule has 2 saturated heterocycles. The minimum atomic E-state index is -5.29. The number of nitrogen functional groups attached to an aromatic ring is 1. The van der Waals surface area contributed by atoms with E-state index in [9.17, 15) is 50.1 Å². The van der Waals surface area contributed by atoms with Crippen LogP contribution in [0.2, 0.25) is 0 Å². The molecule has 2 aromatic heterocycles. The zero-order valence-corrected chi connectivity index (χ0v) is 42.3. The third kappa shape index (κ3) is 11.2.